The molecule has 0 aromatic heterocycles. The van der Waals surface area contributed by atoms with Crippen LogP contribution in [0.5, 0.6) is 0 Å². The molecule has 0 aromatic rings. The molecule has 1 unspecified atom stereocenters. The van der Waals surface area contributed by atoms with Gasteiger partial charge in [0.1, 0.15) is 0 Å². The van der Waals surface area contributed by atoms with E-state index in [2.05, 4.69) is 4.90 Å². The van der Waals surface area contributed by atoms with Gasteiger partial charge in [0.15, 0.2) is 0 Å². The van der Waals surface area contributed by atoms with Crippen molar-refractivity contribution in [2.75, 3.05) is 26.2 Å². The average molecular weight is 243 g/mol. The number of carboxylic acids is 1. The first kappa shape index (κ1) is 14.5. The summed E-state index contributed by atoms with van der Waals surface area (Å²) in [6.07, 6.45) is 3.93. The minimum absolute atomic E-state index is 0.239. The third-order valence-corrected chi connectivity index (χ3v) is 3.96. The predicted octanol–water partition coefficient (Wildman–Crippen LogP) is 1.58. The maximum atomic E-state index is 11.2. The van der Waals surface area contributed by atoms with Crippen molar-refractivity contribution >= 4 is 5.97 Å². The van der Waals surface area contributed by atoms with Gasteiger partial charge in [0.05, 0.1) is 5.41 Å². The SMILES string of the molecule is CC(C)(C(=O)O)C1CCCN(CCCCO)C1. The molecular weight excluding hydrogens is 218 g/mol. The van der Waals surface area contributed by atoms with Crippen molar-refractivity contribution in [2.45, 2.75) is 39.5 Å². The minimum atomic E-state index is -0.695. The molecule has 0 aromatic carbocycles. The molecule has 1 heterocycles. The number of aliphatic hydroxyl groups is 1. The van der Waals surface area contributed by atoms with E-state index in [1.165, 1.54) is 0 Å². The second kappa shape index (κ2) is 6.36. The van der Waals surface area contributed by atoms with E-state index in [0.29, 0.717) is 0 Å². The van der Waals surface area contributed by atoms with Crippen LogP contribution in [0.15, 0.2) is 0 Å². The monoisotopic (exact) mass is 243 g/mol. The fourth-order valence-electron chi connectivity index (χ4n) is 2.47. The van der Waals surface area contributed by atoms with E-state index < -0.39 is 11.4 Å². The molecule has 0 radical (unpaired) electrons. The highest BCUT2D eigenvalue weighted by Gasteiger charge is 2.38. The van der Waals surface area contributed by atoms with Crippen LogP contribution in [0.1, 0.15) is 39.5 Å². The van der Waals surface area contributed by atoms with Crippen molar-refractivity contribution in [3.8, 4) is 0 Å². The van der Waals surface area contributed by atoms with E-state index >= 15 is 0 Å². The smallest absolute Gasteiger partial charge is 0.309 e. The first-order valence-electron chi connectivity index (χ1n) is 6.55. The molecule has 0 bridgehead atoms. The molecule has 1 saturated heterocycles. The third-order valence-electron chi connectivity index (χ3n) is 3.96. The highest BCUT2D eigenvalue weighted by molar-refractivity contribution is 5.74. The molecule has 0 amide bonds. The fraction of sp³-hybridized carbons (Fsp3) is 0.923. The Kier molecular flexibility index (Phi) is 5.40. The van der Waals surface area contributed by atoms with Gasteiger partial charge in [0.25, 0.3) is 0 Å². The maximum absolute atomic E-state index is 11.2. The molecule has 4 nitrogen and oxygen atoms in total. The topological polar surface area (TPSA) is 60.8 Å². The first-order chi connectivity index (χ1) is 7.98. The van der Waals surface area contributed by atoms with Gasteiger partial charge in [-0.15, -0.1) is 0 Å². The van der Waals surface area contributed by atoms with Gasteiger partial charge in [0.2, 0.25) is 0 Å². The van der Waals surface area contributed by atoms with Crippen molar-refractivity contribution < 1.29 is 15.0 Å². The molecule has 1 aliphatic rings. The number of likely N-dealkylation sites (tertiary alicyclic amines) is 1. The zero-order valence-corrected chi connectivity index (χ0v) is 11.0. The van der Waals surface area contributed by atoms with Crippen molar-refractivity contribution in [2.24, 2.45) is 11.3 Å². The largest absolute Gasteiger partial charge is 0.481 e. The first-order valence-corrected chi connectivity index (χ1v) is 6.55. The number of carboxylic acid groups (broad SMARTS) is 1. The van der Waals surface area contributed by atoms with Gasteiger partial charge < -0.3 is 15.1 Å². The Balaban J connectivity index is 2.46. The van der Waals surface area contributed by atoms with E-state index in [4.69, 9.17) is 5.11 Å². The Morgan fingerprint density at radius 2 is 2.12 bits per heavy atom. The number of nitrogens with zero attached hydrogens (tertiary/aromatic N) is 1. The summed E-state index contributed by atoms with van der Waals surface area (Å²) in [5, 5.41) is 18.0. The van der Waals surface area contributed by atoms with Crippen molar-refractivity contribution in [1.82, 2.24) is 4.90 Å². The van der Waals surface area contributed by atoms with Crippen LogP contribution in [0.2, 0.25) is 0 Å². The van der Waals surface area contributed by atoms with Crippen LogP contribution < -0.4 is 0 Å². The maximum Gasteiger partial charge on any atom is 0.309 e. The molecule has 2 N–H and O–H groups in total. The standard InChI is InChI=1S/C13H25NO3/c1-13(2,12(16)17)11-6-5-8-14(10-11)7-3-4-9-15/h11,15H,3-10H2,1-2H3,(H,16,17). The Morgan fingerprint density at radius 3 is 2.71 bits per heavy atom. The lowest BCUT2D eigenvalue weighted by Crippen LogP contribution is -2.44. The second-order valence-corrected chi connectivity index (χ2v) is 5.60. The van der Waals surface area contributed by atoms with Gasteiger partial charge in [-0.2, -0.15) is 0 Å². The number of piperidine rings is 1. The van der Waals surface area contributed by atoms with Gasteiger partial charge >= 0.3 is 5.97 Å². The van der Waals surface area contributed by atoms with Crippen molar-refractivity contribution in [3.05, 3.63) is 0 Å². The summed E-state index contributed by atoms with van der Waals surface area (Å²) in [5.41, 5.74) is -0.629. The average Bonchev–Trinajstić information content (AvgIpc) is 2.29. The third kappa shape index (κ3) is 3.96. The molecule has 17 heavy (non-hydrogen) atoms. The number of aliphatic carboxylic acids is 1. The predicted molar refractivity (Wildman–Crippen MR) is 66.9 cm³/mol. The lowest BCUT2D eigenvalue weighted by molar-refractivity contribution is -0.151. The highest BCUT2D eigenvalue weighted by Crippen LogP contribution is 2.34. The normalized spacial score (nSPS) is 22.6. The molecule has 1 fully saturated rings. The summed E-state index contributed by atoms with van der Waals surface area (Å²) in [6.45, 7) is 6.83. The van der Waals surface area contributed by atoms with Crippen molar-refractivity contribution in [3.63, 3.8) is 0 Å². The molecule has 0 saturated carbocycles. The lowest BCUT2D eigenvalue weighted by Gasteiger charge is -2.39. The van der Waals surface area contributed by atoms with Crippen LogP contribution >= 0.6 is 0 Å². The number of hydrogen-bond donors (Lipinski definition) is 2. The Bertz CT molecular complexity index is 253. The van der Waals surface area contributed by atoms with Crippen LogP contribution in [0.25, 0.3) is 0 Å². The summed E-state index contributed by atoms with van der Waals surface area (Å²) < 4.78 is 0. The summed E-state index contributed by atoms with van der Waals surface area (Å²) in [6, 6.07) is 0. The summed E-state index contributed by atoms with van der Waals surface area (Å²) in [7, 11) is 0. The van der Waals surface area contributed by atoms with Gasteiger partial charge in [-0.3, -0.25) is 4.79 Å². The second-order valence-electron chi connectivity index (χ2n) is 5.60. The Hall–Kier alpha value is -0.610. The van der Waals surface area contributed by atoms with Crippen LogP contribution in [0.4, 0.5) is 0 Å². The molecule has 1 atom stereocenters. The molecule has 1 rings (SSSR count). The number of rotatable bonds is 6. The molecule has 4 heteroatoms. The van der Waals surface area contributed by atoms with Crippen LogP contribution in [0, 0.1) is 11.3 Å². The molecular formula is C13H25NO3. The molecule has 0 spiro atoms. The molecule has 1 aliphatic heterocycles. The zero-order valence-electron chi connectivity index (χ0n) is 11.0. The molecule has 0 aliphatic carbocycles. The number of carbonyl (C=O) groups is 1. The van der Waals surface area contributed by atoms with Gasteiger partial charge in [-0.25, -0.2) is 0 Å². The number of aliphatic hydroxyl groups excluding tert-OH is 1. The lowest BCUT2D eigenvalue weighted by atomic mass is 9.74. The van der Waals surface area contributed by atoms with Crippen LogP contribution in [-0.4, -0.2) is 47.3 Å². The fourth-order valence-corrected chi connectivity index (χ4v) is 2.47. The Labute approximate surface area is 104 Å². The molecule has 100 valence electrons. The summed E-state index contributed by atoms with van der Waals surface area (Å²) in [4.78, 5) is 13.6. The summed E-state index contributed by atoms with van der Waals surface area (Å²) in [5.74, 6) is -0.456. The van der Waals surface area contributed by atoms with E-state index in [0.717, 1.165) is 45.3 Å². The number of hydrogen-bond acceptors (Lipinski definition) is 3. The van der Waals surface area contributed by atoms with E-state index in [9.17, 15) is 9.90 Å². The zero-order chi connectivity index (χ0) is 12.9. The minimum Gasteiger partial charge on any atom is -0.481 e. The number of unbranched alkanes of at least 4 members (excludes halogenated alkanes) is 1. The van der Waals surface area contributed by atoms with E-state index in [1.807, 2.05) is 13.8 Å². The summed E-state index contributed by atoms with van der Waals surface area (Å²) >= 11 is 0. The van der Waals surface area contributed by atoms with Gasteiger partial charge in [-0.05, 0) is 58.5 Å². The van der Waals surface area contributed by atoms with Crippen LogP contribution in [-0.2, 0) is 4.79 Å². The van der Waals surface area contributed by atoms with E-state index in [-0.39, 0.29) is 12.5 Å². The highest BCUT2D eigenvalue weighted by atomic mass is 16.4. The van der Waals surface area contributed by atoms with Gasteiger partial charge in [0, 0.05) is 13.2 Å². The van der Waals surface area contributed by atoms with E-state index in [1.54, 1.807) is 0 Å². The van der Waals surface area contributed by atoms with Crippen molar-refractivity contribution in [1.29, 1.82) is 0 Å². The quantitative estimate of drug-likeness (QED) is 0.695. The van der Waals surface area contributed by atoms with Gasteiger partial charge in [-0.1, -0.05) is 0 Å². The Morgan fingerprint density at radius 1 is 1.41 bits per heavy atom. The van der Waals surface area contributed by atoms with Crippen LogP contribution in [0.3, 0.4) is 0 Å².